The minimum atomic E-state index is -0.377. The molecule has 0 bridgehead atoms. The Kier molecular flexibility index (Phi) is 3.56. The van der Waals surface area contributed by atoms with Crippen molar-refractivity contribution < 1.29 is 9.53 Å². The molecule has 0 aliphatic rings. The zero-order valence-electron chi connectivity index (χ0n) is 12.8. The molecule has 3 aromatic carbocycles. The van der Waals surface area contributed by atoms with E-state index in [2.05, 4.69) is 9.97 Å². The van der Waals surface area contributed by atoms with Crippen molar-refractivity contribution in [2.24, 2.45) is 0 Å². The summed E-state index contributed by atoms with van der Waals surface area (Å²) in [5.74, 6) is 0.855. The summed E-state index contributed by atoms with van der Waals surface area (Å²) in [6.45, 7) is 0. The standard InChI is InChI=1S/C20H14N2O2/c23-20(14-7-2-1-3-8-14)24-16-10-6-9-15(13-16)19-21-17-11-4-5-12-18(17)22-19/h1-13H,(H,21,22). The summed E-state index contributed by atoms with van der Waals surface area (Å²) in [6, 6.07) is 24.1. The lowest BCUT2D eigenvalue weighted by Crippen LogP contribution is -2.08. The molecule has 0 saturated heterocycles. The second kappa shape index (κ2) is 6.01. The number of fused-ring (bicyclic) bond motifs is 1. The fraction of sp³-hybridized carbons (Fsp3) is 0. The first-order valence-electron chi connectivity index (χ1n) is 7.62. The number of esters is 1. The molecule has 1 heterocycles. The van der Waals surface area contributed by atoms with Gasteiger partial charge in [-0.25, -0.2) is 9.78 Å². The lowest BCUT2D eigenvalue weighted by atomic mass is 10.2. The van der Waals surface area contributed by atoms with Crippen LogP contribution in [-0.4, -0.2) is 15.9 Å². The highest BCUT2D eigenvalue weighted by molar-refractivity contribution is 5.91. The molecule has 4 aromatic rings. The molecule has 1 aromatic heterocycles. The number of imidazole rings is 1. The Morgan fingerprint density at radius 1 is 0.875 bits per heavy atom. The first kappa shape index (κ1) is 14.2. The van der Waals surface area contributed by atoms with Crippen LogP contribution in [0.2, 0.25) is 0 Å². The summed E-state index contributed by atoms with van der Waals surface area (Å²) >= 11 is 0. The largest absolute Gasteiger partial charge is 0.423 e. The van der Waals surface area contributed by atoms with Gasteiger partial charge in [0.25, 0.3) is 0 Å². The molecule has 0 unspecified atom stereocenters. The van der Waals surface area contributed by atoms with Gasteiger partial charge in [-0.15, -0.1) is 0 Å². The first-order valence-corrected chi connectivity index (χ1v) is 7.62. The van der Waals surface area contributed by atoms with Crippen LogP contribution in [0.15, 0.2) is 78.9 Å². The Bertz CT molecular complexity index is 973. The second-order valence-corrected chi connectivity index (χ2v) is 5.39. The molecular formula is C20H14N2O2. The van der Waals surface area contributed by atoms with E-state index in [1.54, 1.807) is 36.4 Å². The van der Waals surface area contributed by atoms with Crippen molar-refractivity contribution in [2.75, 3.05) is 0 Å². The predicted octanol–water partition coefficient (Wildman–Crippen LogP) is 4.45. The van der Waals surface area contributed by atoms with Crippen LogP contribution in [0.4, 0.5) is 0 Å². The number of benzene rings is 3. The van der Waals surface area contributed by atoms with Crippen molar-refractivity contribution >= 4 is 17.0 Å². The van der Waals surface area contributed by atoms with Gasteiger partial charge in [-0.05, 0) is 36.4 Å². The van der Waals surface area contributed by atoms with Gasteiger partial charge >= 0.3 is 5.97 Å². The van der Waals surface area contributed by atoms with Crippen molar-refractivity contribution in [1.82, 2.24) is 9.97 Å². The van der Waals surface area contributed by atoms with E-state index < -0.39 is 0 Å². The first-order chi connectivity index (χ1) is 11.8. The van der Waals surface area contributed by atoms with E-state index in [0.29, 0.717) is 11.3 Å². The fourth-order valence-corrected chi connectivity index (χ4v) is 2.54. The average Bonchev–Trinajstić information content (AvgIpc) is 3.07. The number of H-pyrrole nitrogens is 1. The molecule has 4 heteroatoms. The van der Waals surface area contributed by atoms with E-state index in [4.69, 9.17) is 4.74 Å². The van der Waals surface area contributed by atoms with E-state index >= 15 is 0 Å². The Morgan fingerprint density at radius 2 is 1.67 bits per heavy atom. The van der Waals surface area contributed by atoms with Crippen molar-refractivity contribution in [3.63, 3.8) is 0 Å². The number of carbonyl (C=O) groups excluding carboxylic acids is 1. The van der Waals surface area contributed by atoms with E-state index in [9.17, 15) is 4.79 Å². The predicted molar refractivity (Wildman–Crippen MR) is 92.9 cm³/mol. The number of rotatable bonds is 3. The van der Waals surface area contributed by atoms with Crippen molar-refractivity contribution in [1.29, 1.82) is 0 Å². The van der Waals surface area contributed by atoms with Gasteiger partial charge in [0.15, 0.2) is 0 Å². The summed E-state index contributed by atoms with van der Waals surface area (Å²) in [6.07, 6.45) is 0. The highest BCUT2D eigenvalue weighted by Gasteiger charge is 2.10. The van der Waals surface area contributed by atoms with E-state index in [1.165, 1.54) is 0 Å². The third-order valence-corrected chi connectivity index (χ3v) is 3.72. The summed E-state index contributed by atoms with van der Waals surface area (Å²) in [4.78, 5) is 20.0. The molecule has 4 nitrogen and oxygen atoms in total. The molecule has 0 fully saturated rings. The highest BCUT2D eigenvalue weighted by Crippen LogP contribution is 2.24. The van der Waals surface area contributed by atoms with Crippen molar-refractivity contribution in [3.8, 4) is 17.1 Å². The molecule has 0 radical (unpaired) electrons. The van der Waals surface area contributed by atoms with Crippen LogP contribution in [-0.2, 0) is 0 Å². The molecule has 0 atom stereocenters. The van der Waals surface area contributed by atoms with Crippen LogP contribution >= 0.6 is 0 Å². The molecule has 0 aliphatic carbocycles. The van der Waals surface area contributed by atoms with Crippen LogP contribution < -0.4 is 4.74 Å². The Morgan fingerprint density at radius 3 is 2.50 bits per heavy atom. The number of aromatic nitrogens is 2. The minimum Gasteiger partial charge on any atom is -0.423 e. The number of hydrogen-bond donors (Lipinski definition) is 1. The maximum Gasteiger partial charge on any atom is 0.343 e. The molecule has 4 rings (SSSR count). The highest BCUT2D eigenvalue weighted by atomic mass is 16.5. The Labute approximate surface area is 138 Å². The average molecular weight is 314 g/mol. The smallest absolute Gasteiger partial charge is 0.343 e. The van der Waals surface area contributed by atoms with Crippen LogP contribution in [0.1, 0.15) is 10.4 Å². The van der Waals surface area contributed by atoms with Gasteiger partial charge in [0.1, 0.15) is 11.6 Å². The van der Waals surface area contributed by atoms with Gasteiger partial charge < -0.3 is 9.72 Å². The van der Waals surface area contributed by atoms with Gasteiger partial charge in [0, 0.05) is 5.56 Å². The van der Waals surface area contributed by atoms with Crippen LogP contribution in [0.5, 0.6) is 5.75 Å². The summed E-state index contributed by atoms with van der Waals surface area (Å²) in [5, 5.41) is 0. The number of ether oxygens (including phenoxy) is 1. The van der Waals surface area contributed by atoms with Crippen molar-refractivity contribution in [3.05, 3.63) is 84.4 Å². The molecular weight excluding hydrogens is 300 g/mol. The Balaban J connectivity index is 1.63. The maximum absolute atomic E-state index is 12.2. The Hall–Kier alpha value is -3.40. The molecule has 0 amide bonds. The van der Waals surface area contributed by atoms with E-state index in [0.717, 1.165) is 22.4 Å². The lowest BCUT2D eigenvalue weighted by molar-refractivity contribution is 0.0735. The number of carbonyl (C=O) groups is 1. The van der Waals surface area contributed by atoms with Gasteiger partial charge in [-0.1, -0.05) is 42.5 Å². The number of nitrogens with zero attached hydrogens (tertiary/aromatic N) is 1. The monoisotopic (exact) mass is 314 g/mol. The third kappa shape index (κ3) is 2.77. The molecule has 116 valence electrons. The number of para-hydroxylation sites is 2. The third-order valence-electron chi connectivity index (χ3n) is 3.72. The summed E-state index contributed by atoms with van der Waals surface area (Å²) in [5.41, 5.74) is 3.26. The van der Waals surface area contributed by atoms with Crippen LogP contribution in [0.3, 0.4) is 0 Å². The molecule has 0 aliphatic heterocycles. The normalized spacial score (nSPS) is 10.7. The van der Waals surface area contributed by atoms with E-state index in [1.807, 2.05) is 42.5 Å². The number of aromatic amines is 1. The zero-order chi connectivity index (χ0) is 16.4. The molecule has 1 N–H and O–H groups in total. The van der Waals surface area contributed by atoms with E-state index in [-0.39, 0.29) is 5.97 Å². The quantitative estimate of drug-likeness (QED) is 0.449. The van der Waals surface area contributed by atoms with Gasteiger partial charge in [0.2, 0.25) is 0 Å². The summed E-state index contributed by atoms with van der Waals surface area (Å²) < 4.78 is 5.46. The van der Waals surface area contributed by atoms with Gasteiger partial charge in [-0.2, -0.15) is 0 Å². The number of hydrogen-bond acceptors (Lipinski definition) is 3. The fourth-order valence-electron chi connectivity index (χ4n) is 2.54. The second-order valence-electron chi connectivity index (χ2n) is 5.39. The van der Waals surface area contributed by atoms with Gasteiger partial charge in [0.05, 0.1) is 16.6 Å². The lowest BCUT2D eigenvalue weighted by Gasteiger charge is -2.05. The summed E-state index contributed by atoms with van der Waals surface area (Å²) in [7, 11) is 0. The SMILES string of the molecule is O=C(Oc1cccc(-c2nc3ccccc3[nH]2)c1)c1ccccc1. The molecule has 0 spiro atoms. The topological polar surface area (TPSA) is 55.0 Å². The minimum absolute atomic E-state index is 0.377. The molecule has 24 heavy (non-hydrogen) atoms. The zero-order valence-corrected chi connectivity index (χ0v) is 12.8. The molecule has 0 saturated carbocycles. The maximum atomic E-state index is 12.2. The van der Waals surface area contributed by atoms with Gasteiger partial charge in [-0.3, -0.25) is 0 Å². The number of nitrogens with one attached hydrogen (secondary N) is 1. The van der Waals surface area contributed by atoms with Crippen LogP contribution in [0, 0.1) is 0 Å². The van der Waals surface area contributed by atoms with Crippen LogP contribution in [0.25, 0.3) is 22.4 Å². The van der Waals surface area contributed by atoms with Crippen molar-refractivity contribution in [2.45, 2.75) is 0 Å².